The van der Waals surface area contributed by atoms with Gasteiger partial charge in [-0.25, -0.2) is 4.39 Å². The first-order chi connectivity index (χ1) is 10.0. The zero-order chi connectivity index (χ0) is 15.4. The number of aryl methyl sites for hydroxylation is 1. The van der Waals surface area contributed by atoms with Gasteiger partial charge in [-0.1, -0.05) is 12.1 Å². The largest absolute Gasteiger partial charge is 0.491 e. The van der Waals surface area contributed by atoms with Crippen LogP contribution in [-0.2, 0) is 0 Å². The van der Waals surface area contributed by atoms with Crippen molar-refractivity contribution in [3.63, 3.8) is 0 Å². The Kier molecular flexibility index (Phi) is 4.42. The molecule has 0 aliphatic heterocycles. The highest BCUT2D eigenvalue weighted by Gasteiger charge is 2.16. The summed E-state index contributed by atoms with van der Waals surface area (Å²) in [6, 6.07) is 9.49. The van der Waals surface area contributed by atoms with Crippen molar-refractivity contribution in [3.8, 4) is 5.75 Å². The summed E-state index contributed by atoms with van der Waals surface area (Å²) >= 11 is 0. The van der Waals surface area contributed by atoms with E-state index in [4.69, 9.17) is 10.5 Å². The molecule has 0 spiro atoms. The van der Waals surface area contributed by atoms with E-state index < -0.39 is 11.7 Å². The summed E-state index contributed by atoms with van der Waals surface area (Å²) in [5.41, 5.74) is 7.36. The van der Waals surface area contributed by atoms with Gasteiger partial charge in [-0.05, 0) is 43.7 Å². The molecule has 0 saturated heterocycles. The van der Waals surface area contributed by atoms with Crippen LogP contribution in [0.2, 0.25) is 0 Å². The van der Waals surface area contributed by atoms with Gasteiger partial charge in [0.05, 0.1) is 23.5 Å². The minimum atomic E-state index is -0.481. The maximum atomic E-state index is 13.8. The third-order valence-corrected chi connectivity index (χ3v) is 2.95. The summed E-state index contributed by atoms with van der Waals surface area (Å²) in [5, 5.41) is 2.53. The summed E-state index contributed by atoms with van der Waals surface area (Å²) in [4.78, 5) is 12.3. The second kappa shape index (κ2) is 6.26. The van der Waals surface area contributed by atoms with Gasteiger partial charge in [0.15, 0.2) is 5.75 Å². The number of ether oxygens (including phenoxy) is 1. The standard InChI is InChI=1S/C16H17FN2O2/c1-3-21-15-11(5-4-6-13(15)18)16(20)19-14-8-7-10(2)9-12(14)17/h4-9H,3,18H2,1-2H3,(H,19,20). The molecule has 2 aromatic rings. The Hall–Kier alpha value is -2.56. The third-order valence-electron chi connectivity index (χ3n) is 2.95. The highest BCUT2D eigenvalue weighted by atomic mass is 19.1. The van der Waals surface area contributed by atoms with Crippen molar-refractivity contribution in [1.82, 2.24) is 0 Å². The number of amides is 1. The number of anilines is 2. The molecule has 0 fully saturated rings. The smallest absolute Gasteiger partial charge is 0.259 e. The van der Waals surface area contributed by atoms with Crippen LogP contribution < -0.4 is 15.8 Å². The van der Waals surface area contributed by atoms with Crippen molar-refractivity contribution in [2.45, 2.75) is 13.8 Å². The van der Waals surface area contributed by atoms with Crippen LogP contribution in [-0.4, -0.2) is 12.5 Å². The molecule has 4 nitrogen and oxygen atoms in total. The Morgan fingerprint density at radius 3 is 2.76 bits per heavy atom. The van der Waals surface area contributed by atoms with Crippen molar-refractivity contribution in [2.24, 2.45) is 0 Å². The molecule has 0 bridgehead atoms. The van der Waals surface area contributed by atoms with Crippen LogP contribution in [0.5, 0.6) is 5.75 Å². The zero-order valence-electron chi connectivity index (χ0n) is 11.9. The number of rotatable bonds is 4. The SMILES string of the molecule is CCOc1c(N)cccc1C(=O)Nc1ccc(C)cc1F. The fourth-order valence-electron chi connectivity index (χ4n) is 1.95. The number of hydrogen-bond acceptors (Lipinski definition) is 3. The Bertz CT molecular complexity index is 671. The molecular formula is C16H17FN2O2. The minimum Gasteiger partial charge on any atom is -0.491 e. The summed E-state index contributed by atoms with van der Waals surface area (Å²) in [7, 11) is 0. The predicted molar refractivity (Wildman–Crippen MR) is 81.1 cm³/mol. The number of nitrogens with two attached hydrogens (primary N) is 1. The number of carbonyl (C=O) groups excluding carboxylic acids is 1. The van der Waals surface area contributed by atoms with Gasteiger partial charge in [-0.15, -0.1) is 0 Å². The summed E-state index contributed by atoms with van der Waals surface area (Å²) in [6.45, 7) is 3.96. The number of para-hydroxylation sites is 1. The van der Waals surface area contributed by atoms with E-state index in [1.165, 1.54) is 12.1 Å². The van der Waals surface area contributed by atoms with Gasteiger partial charge in [0.25, 0.3) is 5.91 Å². The molecule has 1 amide bonds. The van der Waals surface area contributed by atoms with Crippen molar-refractivity contribution < 1.29 is 13.9 Å². The Labute approximate surface area is 122 Å². The highest BCUT2D eigenvalue weighted by molar-refractivity contribution is 6.07. The molecule has 0 aliphatic rings. The number of nitrogen functional groups attached to an aromatic ring is 1. The van der Waals surface area contributed by atoms with E-state index in [1.807, 2.05) is 0 Å². The summed E-state index contributed by atoms with van der Waals surface area (Å²) in [6.07, 6.45) is 0. The molecule has 0 radical (unpaired) electrons. The van der Waals surface area contributed by atoms with Crippen LogP contribution in [0.4, 0.5) is 15.8 Å². The van der Waals surface area contributed by atoms with E-state index in [-0.39, 0.29) is 11.3 Å². The number of carbonyl (C=O) groups is 1. The molecular weight excluding hydrogens is 271 g/mol. The second-order valence-corrected chi connectivity index (χ2v) is 4.59. The van der Waals surface area contributed by atoms with Gasteiger partial charge in [0.2, 0.25) is 0 Å². The molecule has 0 atom stereocenters. The van der Waals surface area contributed by atoms with E-state index in [0.29, 0.717) is 18.0 Å². The lowest BCUT2D eigenvalue weighted by Gasteiger charge is -2.13. The Balaban J connectivity index is 2.30. The van der Waals surface area contributed by atoms with E-state index >= 15 is 0 Å². The minimum absolute atomic E-state index is 0.121. The lowest BCUT2D eigenvalue weighted by molar-refractivity contribution is 0.102. The van der Waals surface area contributed by atoms with E-state index in [2.05, 4.69) is 5.32 Å². The third kappa shape index (κ3) is 3.31. The van der Waals surface area contributed by atoms with Crippen LogP contribution in [0.1, 0.15) is 22.8 Å². The molecule has 0 aliphatic carbocycles. The first-order valence-corrected chi connectivity index (χ1v) is 6.61. The molecule has 0 aromatic heterocycles. The maximum Gasteiger partial charge on any atom is 0.259 e. The van der Waals surface area contributed by atoms with E-state index in [0.717, 1.165) is 5.56 Å². The van der Waals surface area contributed by atoms with Gasteiger partial charge >= 0.3 is 0 Å². The molecule has 5 heteroatoms. The van der Waals surface area contributed by atoms with Crippen LogP contribution >= 0.6 is 0 Å². The molecule has 0 saturated carbocycles. The van der Waals surface area contributed by atoms with Crippen LogP contribution in [0.15, 0.2) is 36.4 Å². The molecule has 0 unspecified atom stereocenters. The fourth-order valence-corrected chi connectivity index (χ4v) is 1.95. The fraction of sp³-hybridized carbons (Fsp3) is 0.188. The van der Waals surface area contributed by atoms with Crippen molar-refractivity contribution >= 4 is 17.3 Å². The lowest BCUT2D eigenvalue weighted by Crippen LogP contribution is -2.15. The molecule has 110 valence electrons. The zero-order valence-corrected chi connectivity index (χ0v) is 11.9. The van der Waals surface area contributed by atoms with Crippen molar-refractivity contribution in [3.05, 3.63) is 53.3 Å². The average molecular weight is 288 g/mol. The molecule has 3 N–H and O–H groups in total. The normalized spacial score (nSPS) is 10.2. The topological polar surface area (TPSA) is 64.3 Å². The maximum absolute atomic E-state index is 13.8. The Morgan fingerprint density at radius 2 is 2.10 bits per heavy atom. The van der Waals surface area contributed by atoms with Gasteiger partial charge in [0.1, 0.15) is 5.82 Å². The number of halogens is 1. The first kappa shape index (κ1) is 14.8. The number of hydrogen-bond donors (Lipinski definition) is 2. The second-order valence-electron chi connectivity index (χ2n) is 4.59. The quantitative estimate of drug-likeness (QED) is 0.848. The average Bonchev–Trinajstić information content (AvgIpc) is 2.44. The van der Waals surface area contributed by atoms with Gasteiger partial charge in [-0.2, -0.15) is 0 Å². The van der Waals surface area contributed by atoms with Gasteiger partial charge in [0, 0.05) is 0 Å². The molecule has 2 rings (SSSR count). The van der Waals surface area contributed by atoms with E-state index in [9.17, 15) is 9.18 Å². The number of benzene rings is 2. The van der Waals surface area contributed by atoms with Crippen LogP contribution in [0.25, 0.3) is 0 Å². The van der Waals surface area contributed by atoms with Gasteiger partial charge in [-0.3, -0.25) is 4.79 Å². The molecule has 2 aromatic carbocycles. The van der Waals surface area contributed by atoms with Crippen LogP contribution in [0, 0.1) is 12.7 Å². The monoisotopic (exact) mass is 288 g/mol. The number of nitrogens with one attached hydrogen (secondary N) is 1. The van der Waals surface area contributed by atoms with Crippen molar-refractivity contribution in [2.75, 3.05) is 17.7 Å². The first-order valence-electron chi connectivity index (χ1n) is 6.61. The summed E-state index contributed by atoms with van der Waals surface area (Å²) < 4.78 is 19.2. The Morgan fingerprint density at radius 1 is 1.33 bits per heavy atom. The summed E-state index contributed by atoms with van der Waals surface area (Å²) in [5.74, 6) is -0.635. The molecule has 21 heavy (non-hydrogen) atoms. The predicted octanol–water partition coefficient (Wildman–Crippen LogP) is 3.37. The van der Waals surface area contributed by atoms with E-state index in [1.54, 1.807) is 38.1 Å². The van der Waals surface area contributed by atoms with Crippen LogP contribution in [0.3, 0.4) is 0 Å². The van der Waals surface area contributed by atoms with Crippen molar-refractivity contribution in [1.29, 1.82) is 0 Å². The highest BCUT2D eigenvalue weighted by Crippen LogP contribution is 2.27. The van der Waals surface area contributed by atoms with Gasteiger partial charge < -0.3 is 15.8 Å². The molecule has 0 heterocycles. The lowest BCUT2D eigenvalue weighted by atomic mass is 10.1.